The van der Waals surface area contributed by atoms with Crippen LogP contribution in [0.1, 0.15) is 35.2 Å². The zero-order valence-corrected chi connectivity index (χ0v) is 16.0. The van der Waals surface area contributed by atoms with Crippen LogP contribution in [0.2, 0.25) is 0 Å². The predicted octanol–water partition coefficient (Wildman–Crippen LogP) is 0.498. The minimum absolute atomic E-state index is 0.0677. The first-order chi connectivity index (χ1) is 13.5. The molecule has 2 aliphatic rings. The summed E-state index contributed by atoms with van der Waals surface area (Å²) in [5.41, 5.74) is 1.65. The maximum Gasteiger partial charge on any atom is 0.347 e. The molecule has 1 aromatic rings. The number of hydroxylamine groups is 3. The van der Waals surface area contributed by atoms with Crippen molar-refractivity contribution in [3.8, 4) is 0 Å². The molecule has 0 radical (unpaired) electrons. The quantitative estimate of drug-likeness (QED) is 0.243. The highest BCUT2D eigenvalue weighted by atomic mass is 16.6. The molecule has 28 heavy (non-hydrogen) atoms. The fourth-order valence-electron chi connectivity index (χ4n) is 3.68. The summed E-state index contributed by atoms with van der Waals surface area (Å²) < 4.78 is 4.27. The number of benzene rings is 1. The first-order valence-corrected chi connectivity index (χ1v) is 9.53. The Kier molecular flexibility index (Phi) is 6.40. The van der Waals surface area contributed by atoms with Crippen LogP contribution >= 0.6 is 0 Å². The van der Waals surface area contributed by atoms with E-state index in [2.05, 4.69) is 16.0 Å². The fraction of sp³-hybridized carbons (Fsp3) is 0.526. The van der Waals surface area contributed by atoms with Gasteiger partial charge in [0.25, 0.3) is 5.91 Å². The topological polar surface area (TPSA) is 120 Å². The zero-order chi connectivity index (χ0) is 20.1. The van der Waals surface area contributed by atoms with Gasteiger partial charge in [0.05, 0.1) is 12.2 Å². The number of carbonyl (C=O) groups excluding carboxylic acids is 3. The number of fused-ring (bicyclic) bond motifs is 1. The summed E-state index contributed by atoms with van der Waals surface area (Å²) >= 11 is 0. The van der Waals surface area contributed by atoms with E-state index < -0.39 is 28.4 Å². The van der Waals surface area contributed by atoms with Crippen LogP contribution in [0.25, 0.3) is 0 Å². The van der Waals surface area contributed by atoms with Crippen LogP contribution in [0.15, 0.2) is 18.2 Å². The van der Waals surface area contributed by atoms with Gasteiger partial charge in [-0.15, -0.1) is 0 Å². The second kappa shape index (κ2) is 8.78. The van der Waals surface area contributed by atoms with Gasteiger partial charge in [0.15, 0.2) is 6.04 Å². The van der Waals surface area contributed by atoms with Crippen molar-refractivity contribution in [2.75, 3.05) is 38.7 Å². The molecule has 2 unspecified atom stereocenters. The van der Waals surface area contributed by atoms with Gasteiger partial charge in [-0.3, -0.25) is 19.6 Å². The molecule has 2 atom stereocenters. The summed E-state index contributed by atoms with van der Waals surface area (Å²) in [4.78, 5) is 36.3. The number of imide groups is 1. The zero-order valence-electron chi connectivity index (χ0n) is 16.0. The number of hydrogen-bond acceptors (Lipinski definition) is 7. The van der Waals surface area contributed by atoms with Gasteiger partial charge < -0.3 is 20.6 Å². The van der Waals surface area contributed by atoms with Crippen LogP contribution in [-0.4, -0.2) is 61.8 Å². The number of amides is 3. The Balaban J connectivity index is 1.65. The highest BCUT2D eigenvalue weighted by Gasteiger charge is 2.49. The lowest BCUT2D eigenvalue weighted by atomic mass is 10.0. The van der Waals surface area contributed by atoms with Crippen LogP contribution in [0.4, 0.5) is 5.69 Å². The smallest absolute Gasteiger partial charge is 0.347 e. The van der Waals surface area contributed by atoms with E-state index in [0.717, 1.165) is 13.0 Å². The first kappa shape index (κ1) is 20.4. The molecule has 0 aromatic heterocycles. The van der Waals surface area contributed by atoms with Gasteiger partial charge in [0, 0.05) is 37.2 Å². The Morgan fingerprint density at radius 1 is 1.25 bits per heavy atom. The molecule has 152 valence electrons. The van der Waals surface area contributed by atoms with Gasteiger partial charge in [0.1, 0.15) is 6.54 Å². The van der Waals surface area contributed by atoms with E-state index in [1.165, 1.54) is 0 Å². The maximum atomic E-state index is 13.3. The van der Waals surface area contributed by atoms with Crippen LogP contribution in [0, 0.1) is 5.21 Å². The van der Waals surface area contributed by atoms with Crippen LogP contribution < -0.4 is 16.0 Å². The van der Waals surface area contributed by atoms with Gasteiger partial charge >= 0.3 is 5.91 Å². The lowest BCUT2D eigenvalue weighted by Gasteiger charge is -2.42. The first-order valence-electron chi connectivity index (χ1n) is 9.53. The molecular weight excluding hydrogens is 364 g/mol. The van der Waals surface area contributed by atoms with E-state index in [1.807, 2.05) is 13.1 Å². The number of rotatable bonds is 9. The summed E-state index contributed by atoms with van der Waals surface area (Å²) in [7, 11) is 1.89. The standard InChI is InChI=1S/C19H26N4O5/c1-20-8-3-10-28-11-9-21-15-5-2-4-13-14(15)12-23(27,19(13)26)16-6-7-17(24)22-18(16)25/h2,4-5,16,20-21H,3,6-12H2,1H3,(H,22,24,25). The number of hydrogen-bond donors (Lipinski definition) is 3. The van der Waals surface area contributed by atoms with E-state index in [4.69, 9.17) is 4.74 Å². The Hall–Kier alpha value is -2.33. The number of piperidine rings is 1. The molecular formula is C19H26N4O5. The lowest BCUT2D eigenvalue weighted by Crippen LogP contribution is -2.60. The molecule has 1 fully saturated rings. The monoisotopic (exact) mass is 390 g/mol. The number of anilines is 1. The van der Waals surface area contributed by atoms with Crippen molar-refractivity contribution < 1.29 is 23.8 Å². The van der Waals surface area contributed by atoms with E-state index in [0.29, 0.717) is 36.6 Å². The van der Waals surface area contributed by atoms with Crippen molar-refractivity contribution in [1.29, 1.82) is 0 Å². The molecule has 0 aliphatic carbocycles. The molecule has 3 amide bonds. The van der Waals surface area contributed by atoms with Gasteiger partial charge in [-0.25, -0.2) is 4.79 Å². The minimum Gasteiger partial charge on any atom is -0.624 e. The number of quaternary nitrogens is 1. The highest BCUT2D eigenvalue weighted by Crippen LogP contribution is 2.37. The average Bonchev–Trinajstić information content (AvgIpc) is 2.93. The molecule has 2 aliphatic heterocycles. The number of carbonyl (C=O) groups is 3. The van der Waals surface area contributed by atoms with E-state index in [-0.39, 0.29) is 19.4 Å². The van der Waals surface area contributed by atoms with Crippen LogP contribution in [0.3, 0.4) is 0 Å². The molecule has 1 aromatic carbocycles. The van der Waals surface area contributed by atoms with Crippen molar-refractivity contribution in [1.82, 2.24) is 10.6 Å². The number of ether oxygens (including phenoxy) is 1. The van der Waals surface area contributed by atoms with Gasteiger partial charge in [-0.2, -0.15) is 0 Å². The van der Waals surface area contributed by atoms with Crippen molar-refractivity contribution >= 4 is 23.4 Å². The second-order valence-electron chi connectivity index (χ2n) is 7.05. The van der Waals surface area contributed by atoms with Gasteiger partial charge in [0.2, 0.25) is 5.91 Å². The molecule has 0 bridgehead atoms. The summed E-state index contributed by atoms with van der Waals surface area (Å²) in [6.45, 7) is 2.48. The predicted molar refractivity (Wildman–Crippen MR) is 102 cm³/mol. The minimum atomic E-state index is -1.27. The van der Waals surface area contributed by atoms with Gasteiger partial charge in [-0.1, -0.05) is 6.07 Å². The van der Waals surface area contributed by atoms with Crippen LogP contribution in [-0.2, 0) is 20.9 Å². The highest BCUT2D eigenvalue weighted by molar-refractivity contribution is 6.02. The Morgan fingerprint density at radius 2 is 2.07 bits per heavy atom. The van der Waals surface area contributed by atoms with Gasteiger partial charge in [-0.05, 0) is 32.1 Å². The molecule has 9 nitrogen and oxygen atoms in total. The SMILES string of the molecule is CNCCCOCCNc1cccc2c1C[N+]([O-])(C1CCC(=O)NC1=O)C2=O. The summed E-state index contributed by atoms with van der Waals surface area (Å²) in [6, 6.07) is 4.04. The Labute approximate surface area is 163 Å². The molecule has 1 saturated heterocycles. The second-order valence-corrected chi connectivity index (χ2v) is 7.05. The third-order valence-corrected chi connectivity index (χ3v) is 5.13. The number of nitrogens with one attached hydrogen (secondary N) is 3. The summed E-state index contributed by atoms with van der Waals surface area (Å²) in [5.74, 6) is -1.71. The normalized spacial score (nSPS) is 24.2. The van der Waals surface area contributed by atoms with E-state index in [1.54, 1.807) is 12.1 Å². The molecule has 0 saturated carbocycles. The maximum absolute atomic E-state index is 13.3. The van der Waals surface area contributed by atoms with Crippen LogP contribution in [0.5, 0.6) is 0 Å². The molecule has 9 heteroatoms. The Morgan fingerprint density at radius 3 is 2.82 bits per heavy atom. The summed E-state index contributed by atoms with van der Waals surface area (Å²) in [5, 5.41) is 21.8. The molecule has 0 spiro atoms. The molecule has 3 rings (SSSR count). The van der Waals surface area contributed by atoms with E-state index in [9.17, 15) is 19.6 Å². The lowest BCUT2D eigenvalue weighted by molar-refractivity contribution is -0.825. The molecule has 3 N–H and O–H groups in total. The Bertz CT molecular complexity index is 769. The van der Waals surface area contributed by atoms with Crippen molar-refractivity contribution in [2.24, 2.45) is 0 Å². The third-order valence-electron chi connectivity index (χ3n) is 5.13. The van der Waals surface area contributed by atoms with Crippen molar-refractivity contribution in [2.45, 2.75) is 31.8 Å². The summed E-state index contributed by atoms with van der Waals surface area (Å²) in [6.07, 6.45) is 1.07. The fourth-order valence-corrected chi connectivity index (χ4v) is 3.68. The molecule has 2 heterocycles. The van der Waals surface area contributed by atoms with Crippen molar-refractivity contribution in [3.63, 3.8) is 0 Å². The largest absolute Gasteiger partial charge is 0.624 e. The van der Waals surface area contributed by atoms with E-state index >= 15 is 0 Å². The van der Waals surface area contributed by atoms with Crippen molar-refractivity contribution in [3.05, 3.63) is 34.5 Å². The number of nitrogens with zero attached hydrogens (tertiary/aromatic N) is 1. The average molecular weight is 390 g/mol. The third kappa shape index (κ3) is 4.07.